The highest BCUT2D eigenvalue weighted by molar-refractivity contribution is 8.00. The summed E-state index contributed by atoms with van der Waals surface area (Å²) in [5.41, 5.74) is 2.98. The lowest BCUT2D eigenvalue weighted by Gasteiger charge is -2.19. The second-order valence-corrected chi connectivity index (χ2v) is 13.8. The number of nitrogens with one attached hydrogen (secondary N) is 2. The van der Waals surface area contributed by atoms with Crippen LogP contribution in [0.4, 0.5) is 10.7 Å². The van der Waals surface area contributed by atoms with Crippen molar-refractivity contribution >= 4 is 51.6 Å². The maximum absolute atomic E-state index is 14.0. The van der Waals surface area contributed by atoms with Crippen LogP contribution in [-0.2, 0) is 27.2 Å². The van der Waals surface area contributed by atoms with Gasteiger partial charge in [-0.3, -0.25) is 9.59 Å². The van der Waals surface area contributed by atoms with Crippen LogP contribution >= 0.6 is 23.1 Å². The number of thiophene rings is 1. The normalized spacial score (nSPS) is 14.2. The third kappa shape index (κ3) is 8.69. The fourth-order valence-electron chi connectivity index (χ4n) is 4.98. The van der Waals surface area contributed by atoms with Gasteiger partial charge in [-0.1, -0.05) is 70.0 Å². The number of carbonyl (C=O) groups excluding carboxylic acids is 3. The third-order valence-corrected chi connectivity index (χ3v) is 9.25. The van der Waals surface area contributed by atoms with Crippen LogP contribution in [-0.4, -0.2) is 24.4 Å². The van der Waals surface area contributed by atoms with E-state index in [0.717, 1.165) is 48.1 Å². The van der Waals surface area contributed by atoms with E-state index in [-0.39, 0.29) is 29.8 Å². The number of esters is 1. The standard InChI is InChI=1S/C33H40N2O4S2/c1-5-39-32(38)28-25-18-11-6-7-12-19-26(25)41-31(28)35-30(37)29(22-14-9-8-10-15-22)40-24-17-13-16-23(20-24)34-27(36)21-33(2,3)4/h8-10,13-17,20,29H,5-7,11-12,18-19,21H2,1-4H3,(H,34,36)(H,35,37). The number of benzene rings is 2. The average Bonchev–Trinajstić information content (AvgIpc) is 3.22. The SMILES string of the molecule is CCOC(=O)c1c(NC(=O)C(Sc2cccc(NC(=O)CC(C)(C)C)c2)c2ccccc2)sc2c1CCCCCC2. The Morgan fingerprint density at radius 3 is 2.39 bits per heavy atom. The summed E-state index contributed by atoms with van der Waals surface area (Å²) in [6.45, 7) is 8.17. The van der Waals surface area contributed by atoms with Crippen molar-refractivity contribution in [1.82, 2.24) is 0 Å². The number of rotatable bonds is 9. The topological polar surface area (TPSA) is 84.5 Å². The largest absolute Gasteiger partial charge is 0.462 e. The van der Waals surface area contributed by atoms with Crippen LogP contribution < -0.4 is 10.6 Å². The molecule has 1 atom stereocenters. The van der Waals surface area contributed by atoms with E-state index in [4.69, 9.17) is 4.74 Å². The number of hydrogen-bond donors (Lipinski definition) is 2. The van der Waals surface area contributed by atoms with E-state index in [0.29, 0.717) is 22.7 Å². The highest BCUT2D eigenvalue weighted by atomic mass is 32.2. The van der Waals surface area contributed by atoms with E-state index in [1.165, 1.54) is 34.4 Å². The Morgan fingerprint density at radius 1 is 0.951 bits per heavy atom. The van der Waals surface area contributed by atoms with E-state index in [1.807, 2.05) is 75.4 Å². The summed E-state index contributed by atoms with van der Waals surface area (Å²) in [6.07, 6.45) is 6.56. The minimum Gasteiger partial charge on any atom is -0.462 e. The van der Waals surface area contributed by atoms with Gasteiger partial charge in [-0.05, 0) is 67.3 Å². The molecule has 3 aromatic rings. The van der Waals surface area contributed by atoms with Gasteiger partial charge in [0, 0.05) is 21.9 Å². The molecule has 2 N–H and O–H groups in total. The first-order valence-electron chi connectivity index (χ1n) is 14.4. The Bertz CT molecular complexity index is 1360. The highest BCUT2D eigenvalue weighted by Gasteiger charge is 2.29. The maximum atomic E-state index is 14.0. The van der Waals surface area contributed by atoms with Crippen molar-refractivity contribution in [2.75, 3.05) is 17.2 Å². The number of thioether (sulfide) groups is 1. The lowest BCUT2D eigenvalue weighted by Crippen LogP contribution is -2.20. The average molecular weight is 593 g/mol. The van der Waals surface area contributed by atoms with Crippen LogP contribution in [0.3, 0.4) is 0 Å². The van der Waals surface area contributed by atoms with Gasteiger partial charge >= 0.3 is 5.97 Å². The van der Waals surface area contributed by atoms with Crippen molar-refractivity contribution < 1.29 is 19.1 Å². The van der Waals surface area contributed by atoms with Crippen molar-refractivity contribution in [2.45, 2.75) is 82.8 Å². The molecule has 2 aromatic carbocycles. The zero-order valence-corrected chi connectivity index (χ0v) is 26.0. The Morgan fingerprint density at radius 2 is 1.68 bits per heavy atom. The zero-order chi connectivity index (χ0) is 29.4. The first-order valence-corrected chi connectivity index (χ1v) is 16.1. The molecule has 0 saturated carbocycles. The first-order chi connectivity index (χ1) is 19.6. The van der Waals surface area contributed by atoms with Gasteiger partial charge in [0.2, 0.25) is 11.8 Å². The number of fused-ring (bicyclic) bond motifs is 1. The molecule has 2 amide bonds. The van der Waals surface area contributed by atoms with Gasteiger partial charge in [0.1, 0.15) is 10.3 Å². The molecule has 1 aliphatic rings. The van der Waals surface area contributed by atoms with E-state index in [2.05, 4.69) is 10.6 Å². The van der Waals surface area contributed by atoms with Crippen molar-refractivity contribution in [3.63, 3.8) is 0 Å². The van der Waals surface area contributed by atoms with E-state index in [1.54, 1.807) is 6.92 Å². The smallest absolute Gasteiger partial charge is 0.341 e. The number of carbonyl (C=O) groups is 3. The van der Waals surface area contributed by atoms with Crippen LogP contribution in [0.15, 0.2) is 59.5 Å². The van der Waals surface area contributed by atoms with Gasteiger partial charge in [0.05, 0.1) is 12.2 Å². The lowest BCUT2D eigenvalue weighted by molar-refractivity contribution is -0.118. The molecule has 8 heteroatoms. The molecule has 1 unspecified atom stereocenters. The van der Waals surface area contributed by atoms with Crippen molar-refractivity contribution in [3.05, 3.63) is 76.2 Å². The molecule has 6 nitrogen and oxygen atoms in total. The molecule has 0 spiro atoms. The minimum atomic E-state index is -0.573. The number of hydrogen-bond acceptors (Lipinski definition) is 6. The molecule has 4 rings (SSSR count). The quantitative estimate of drug-likeness (QED) is 0.192. The number of ether oxygens (including phenoxy) is 1. The lowest BCUT2D eigenvalue weighted by atomic mass is 9.92. The van der Waals surface area contributed by atoms with Crippen LogP contribution in [0.1, 0.15) is 91.4 Å². The third-order valence-electron chi connectivity index (χ3n) is 6.79. The Kier molecular flexibility index (Phi) is 10.7. The summed E-state index contributed by atoms with van der Waals surface area (Å²) >= 11 is 2.92. The molecule has 1 aliphatic carbocycles. The summed E-state index contributed by atoms with van der Waals surface area (Å²) in [7, 11) is 0. The Balaban J connectivity index is 1.61. The molecule has 218 valence electrons. The Hall–Kier alpha value is -3.10. The summed E-state index contributed by atoms with van der Waals surface area (Å²) in [4.78, 5) is 41.6. The highest BCUT2D eigenvalue weighted by Crippen LogP contribution is 2.41. The predicted octanol–water partition coefficient (Wildman–Crippen LogP) is 8.43. The number of amides is 2. The molecule has 0 aliphatic heterocycles. The summed E-state index contributed by atoms with van der Waals surface area (Å²) < 4.78 is 5.44. The molecule has 1 aromatic heterocycles. The minimum absolute atomic E-state index is 0.0447. The molecular weight excluding hydrogens is 553 g/mol. The first kappa shape index (κ1) is 30.8. The van der Waals surface area contributed by atoms with Gasteiger partial charge in [0.25, 0.3) is 0 Å². The van der Waals surface area contributed by atoms with Gasteiger partial charge in [-0.15, -0.1) is 23.1 Å². The Labute approximate surface area is 251 Å². The van der Waals surface area contributed by atoms with Crippen LogP contribution in [0, 0.1) is 5.41 Å². The molecule has 0 saturated heterocycles. The molecule has 0 fully saturated rings. The number of anilines is 2. The fraction of sp³-hybridized carbons (Fsp3) is 0.424. The molecule has 0 radical (unpaired) electrons. The van der Waals surface area contributed by atoms with E-state index < -0.39 is 5.25 Å². The van der Waals surface area contributed by atoms with E-state index in [9.17, 15) is 14.4 Å². The molecule has 1 heterocycles. The van der Waals surface area contributed by atoms with Gasteiger partial charge in [-0.2, -0.15) is 0 Å². The van der Waals surface area contributed by atoms with Crippen LogP contribution in [0.5, 0.6) is 0 Å². The monoisotopic (exact) mass is 592 g/mol. The van der Waals surface area contributed by atoms with Crippen molar-refractivity contribution in [2.24, 2.45) is 5.41 Å². The fourth-order valence-corrected chi connectivity index (χ4v) is 7.34. The van der Waals surface area contributed by atoms with Crippen LogP contribution in [0.2, 0.25) is 0 Å². The maximum Gasteiger partial charge on any atom is 0.341 e. The summed E-state index contributed by atoms with van der Waals surface area (Å²) in [5, 5.41) is 6.12. The van der Waals surface area contributed by atoms with Crippen LogP contribution in [0.25, 0.3) is 0 Å². The predicted molar refractivity (Wildman–Crippen MR) is 169 cm³/mol. The summed E-state index contributed by atoms with van der Waals surface area (Å²) in [5.74, 6) is -0.622. The van der Waals surface area contributed by atoms with Gasteiger partial charge < -0.3 is 15.4 Å². The molecule has 41 heavy (non-hydrogen) atoms. The zero-order valence-electron chi connectivity index (χ0n) is 24.4. The molecular formula is C33H40N2O4S2. The second kappa shape index (κ2) is 14.2. The molecule has 0 bridgehead atoms. The van der Waals surface area contributed by atoms with Gasteiger partial charge in [-0.25, -0.2) is 4.79 Å². The second-order valence-electron chi connectivity index (χ2n) is 11.6. The van der Waals surface area contributed by atoms with Gasteiger partial charge in [0.15, 0.2) is 0 Å². The van der Waals surface area contributed by atoms with Crippen molar-refractivity contribution in [3.8, 4) is 0 Å². The summed E-state index contributed by atoms with van der Waals surface area (Å²) in [6, 6.07) is 17.2. The van der Waals surface area contributed by atoms with Crippen molar-refractivity contribution in [1.29, 1.82) is 0 Å². The number of aryl methyl sites for hydroxylation is 1. The van der Waals surface area contributed by atoms with E-state index >= 15 is 0 Å².